The molecule has 0 spiro atoms. The summed E-state index contributed by atoms with van der Waals surface area (Å²) in [5.74, 6) is -0.0385. The maximum absolute atomic E-state index is 12.5. The van der Waals surface area contributed by atoms with E-state index >= 15 is 0 Å². The van der Waals surface area contributed by atoms with Crippen molar-refractivity contribution in [3.8, 4) is 0 Å². The third-order valence-corrected chi connectivity index (χ3v) is 12.8. The Balaban J connectivity index is 3.40. The number of unbranched alkanes of at least 4 members (excludes halogenated alkanes) is 38. The summed E-state index contributed by atoms with van der Waals surface area (Å²) >= 11 is 0. The SMILES string of the molecule is CCCC/C=C\CCCCCCCC(=O)OCCCCCCCCCCCCCCCCCCCCCC(=O)NC(CO)C(O)CCCCCCCCCCCCCCCC. The number of aliphatic hydroxyl groups is 2. The Morgan fingerprint density at radius 3 is 1.21 bits per heavy atom. The standard InChI is InChI=1S/C55H107NO5/c1-3-5-7-9-11-13-15-16-24-28-31-35-39-43-47-53(58)52(51-57)56-54(59)48-44-40-36-32-29-25-22-20-18-17-19-21-23-26-30-34-38-42-46-50-61-55(60)49-45-41-37-33-27-14-12-10-8-6-4-2/h10,12,52-53,57-58H,3-9,11,13-51H2,1-2H3,(H,56,59)/b12-10-. The van der Waals surface area contributed by atoms with Crippen LogP contribution in [-0.2, 0) is 14.3 Å². The fourth-order valence-electron chi connectivity index (χ4n) is 8.56. The molecule has 0 aromatic carbocycles. The van der Waals surface area contributed by atoms with Crippen LogP contribution in [0.2, 0.25) is 0 Å². The summed E-state index contributed by atoms with van der Waals surface area (Å²) < 4.78 is 5.45. The second-order valence-corrected chi connectivity index (χ2v) is 18.9. The molecule has 6 heteroatoms. The van der Waals surface area contributed by atoms with E-state index in [0.29, 0.717) is 25.9 Å². The molecule has 0 aliphatic rings. The summed E-state index contributed by atoms with van der Waals surface area (Å²) in [4.78, 5) is 24.4. The fourth-order valence-corrected chi connectivity index (χ4v) is 8.56. The minimum absolute atomic E-state index is 0.00178. The van der Waals surface area contributed by atoms with Crippen molar-refractivity contribution >= 4 is 11.9 Å². The van der Waals surface area contributed by atoms with Crippen LogP contribution in [0.5, 0.6) is 0 Å². The van der Waals surface area contributed by atoms with Gasteiger partial charge in [0.25, 0.3) is 0 Å². The molecule has 0 heterocycles. The fraction of sp³-hybridized carbons (Fsp3) is 0.927. The van der Waals surface area contributed by atoms with Crippen LogP contribution in [0.1, 0.15) is 303 Å². The minimum atomic E-state index is -0.665. The van der Waals surface area contributed by atoms with Crippen molar-refractivity contribution in [2.45, 2.75) is 315 Å². The quantitative estimate of drug-likeness (QED) is 0.0322. The number of rotatable bonds is 51. The highest BCUT2D eigenvalue weighted by molar-refractivity contribution is 5.76. The molecule has 61 heavy (non-hydrogen) atoms. The van der Waals surface area contributed by atoms with E-state index < -0.39 is 12.1 Å². The molecule has 2 atom stereocenters. The van der Waals surface area contributed by atoms with Crippen LogP contribution in [0, 0.1) is 0 Å². The van der Waals surface area contributed by atoms with Crippen molar-refractivity contribution in [3.63, 3.8) is 0 Å². The maximum Gasteiger partial charge on any atom is 0.305 e. The van der Waals surface area contributed by atoms with Gasteiger partial charge in [-0.3, -0.25) is 9.59 Å². The summed E-state index contributed by atoms with van der Waals surface area (Å²) in [7, 11) is 0. The Morgan fingerprint density at radius 2 is 0.787 bits per heavy atom. The third kappa shape index (κ3) is 47.9. The van der Waals surface area contributed by atoms with Gasteiger partial charge in [0, 0.05) is 12.8 Å². The number of carbonyl (C=O) groups excluding carboxylic acids is 2. The Hall–Kier alpha value is -1.40. The van der Waals surface area contributed by atoms with E-state index in [-0.39, 0.29) is 18.5 Å². The van der Waals surface area contributed by atoms with Crippen molar-refractivity contribution in [1.82, 2.24) is 5.32 Å². The number of aliphatic hydroxyl groups excluding tert-OH is 2. The Kier molecular flexibility index (Phi) is 50.1. The highest BCUT2D eigenvalue weighted by Gasteiger charge is 2.20. The molecule has 1 amide bonds. The first-order valence-corrected chi connectivity index (χ1v) is 27.4. The largest absolute Gasteiger partial charge is 0.466 e. The molecule has 6 nitrogen and oxygen atoms in total. The van der Waals surface area contributed by atoms with Crippen LogP contribution >= 0.6 is 0 Å². The molecule has 362 valence electrons. The predicted molar refractivity (Wildman–Crippen MR) is 264 cm³/mol. The van der Waals surface area contributed by atoms with Gasteiger partial charge in [0.05, 0.1) is 25.4 Å². The summed E-state index contributed by atoms with van der Waals surface area (Å²) in [6.45, 7) is 4.92. The lowest BCUT2D eigenvalue weighted by molar-refractivity contribution is -0.143. The number of amides is 1. The van der Waals surface area contributed by atoms with Crippen molar-refractivity contribution < 1.29 is 24.5 Å². The molecular formula is C55H107NO5. The Labute approximate surface area is 380 Å². The molecule has 2 unspecified atom stereocenters. The zero-order chi connectivity index (χ0) is 44.4. The van der Waals surface area contributed by atoms with Crippen molar-refractivity contribution in [3.05, 3.63) is 12.2 Å². The monoisotopic (exact) mass is 862 g/mol. The predicted octanol–water partition coefficient (Wildman–Crippen LogP) is 16.5. The first-order valence-electron chi connectivity index (χ1n) is 27.4. The zero-order valence-electron chi connectivity index (χ0n) is 41.2. The van der Waals surface area contributed by atoms with E-state index in [9.17, 15) is 19.8 Å². The van der Waals surface area contributed by atoms with Crippen LogP contribution < -0.4 is 5.32 Å². The number of hydrogen-bond acceptors (Lipinski definition) is 5. The van der Waals surface area contributed by atoms with Crippen LogP contribution in [-0.4, -0.2) is 47.4 Å². The van der Waals surface area contributed by atoms with Crippen LogP contribution in [0.4, 0.5) is 0 Å². The van der Waals surface area contributed by atoms with Gasteiger partial charge >= 0.3 is 5.97 Å². The summed E-state index contributed by atoms with van der Waals surface area (Å²) in [5, 5.41) is 23.2. The number of hydrogen-bond donors (Lipinski definition) is 3. The Bertz CT molecular complexity index is 909. The lowest BCUT2D eigenvalue weighted by Crippen LogP contribution is -2.45. The topological polar surface area (TPSA) is 95.9 Å². The molecule has 0 radical (unpaired) electrons. The molecular weight excluding hydrogens is 755 g/mol. The van der Waals surface area contributed by atoms with Gasteiger partial charge in [-0.2, -0.15) is 0 Å². The van der Waals surface area contributed by atoms with Gasteiger partial charge in [-0.15, -0.1) is 0 Å². The second kappa shape index (κ2) is 51.2. The molecule has 0 saturated carbocycles. The highest BCUT2D eigenvalue weighted by atomic mass is 16.5. The summed E-state index contributed by atoms with van der Waals surface area (Å²) in [6.07, 6.45) is 59.1. The summed E-state index contributed by atoms with van der Waals surface area (Å²) in [5.41, 5.74) is 0. The Morgan fingerprint density at radius 1 is 0.443 bits per heavy atom. The third-order valence-electron chi connectivity index (χ3n) is 12.8. The van der Waals surface area contributed by atoms with Crippen LogP contribution in [0.3, 0.4) is 0 Å². The maximum atomic E-state index is 12.5. The lowest BCUT2D eigenvalue weighted by Gasteiger charge is -2.22. The number of ether oxygens (including phenoxy) is 1. The van der Waals surface area contributed by atoms with E-state index in [0.717, 1.165) is 44.9 Å². The van der Waals surface area contributed by atoms with Crippen LogP contribution in [0.25, 0.3) is 0 Å². The van der Waals surface area contributed by atoms with Gasteiger partial charge in [-0.1, -0.05) is 257 Å². The molecule has 3 N–H and O–H groups in total. The summed E-state index contributed by atoms with van der Waals surface area (Å²) in [6, 6.07) is -0.542. The molecule has 0 aliphatic carbocycles. The number of esters is 1. The molecule has 0 saturated heterocycles. The first-order chi connectivity index (χ1) is 30.0. The first kappa shape index (κ1) is 59.6. The molecule has 0 fully saturated rings. The molecule has 0 bridgehead atoms. The minimum Gasteiger partial charge on any atom is -0.466 e. The number of carbonyl (C=O) groups is 2. The van der Waals surface area contributed by atoms with E-state index in [1.807, 2.05) is 0 Å². The van der Waals surface area contributed by atoms with Crippen molar-refractivity contribution in [2.24, 2.45) is 0 Å². The van der Waals surface area contributed by atoms with Gasteiger partial charge in [0.2, 0.25) is 5.91 Å². The van der Waals surface area contributed by atoms with E-state index in [1.54, 1.807) is 0 Å². The van der Waals surface area contributed by atoms with E-state index in [2.05, 4.69) is 31.3 Å². The smallest absolute Gasteiger partial charge is 0.305 e. The van der Waals surface area contributed by atoms with Gasteiger partial charge < -0.3 is 20.3 Å². The van der Waals surface area contributed by atoms with E-state index in [4.69, 9.17) is 4.74 Å². The highest BCUT2D eigenvalue weighted by Crippen LogP contribution is 2.17. The second-order valence-electron chi connectivity index (χ2n) is 18.9. The van der Waals surface area contributed by atoms with Gasteiger partial charge in [-0.25, -0.2) is 0 Å². The lowest BCUT2D eigenvalue weighted by atomic mass is 10.0. The number of nitrogens with one attached hydrogen (secondary N) is 1. The van der Waals surface area contributed by atoms with Gasteiger partial charge in [0.15, 0.2) is 0 Å². The van der Waals surface area contributed by atoms with Gasteiger partial charge in [0.1, 0.15) is 0 Å². The number of allylic oxidation sites excluding steroid dienone is 2. The average Bonchev–Trinajstić information content (AvgIpc) is 3.26. The normalized spacial score (nSPS) is 12.7. The van der Waals surface area contributed by atoms with Crippen molar-refractivity contribution in [2.75, 3.05) is 13.2 Å². The molecule has 0 aliphatic heterocycles. The van der Waals surface area contributed by atoms with Crippen molar-refractivity contribution in [1.29, 1.82) is 0 Å². The van der Waals surface area contributed by atoms with Gasteiger partial charge in [-0.05, 0) is 44.9 Å². The van der Waals surface area contributed by atoms with Crippen LogP contribution in [0.15, 0.2) is 12.2 Å². The molecule has 0 rings (SSSR count). The zero-order valence-corrected chi connectivity index (χ0v) is 41.2. The average molecular weight is 862 g/mol. The molecule has 0 aromatic rings. The molecule has 0 aromatic heterocycles. The van der Waals surface area contributed by atoms with E-state index in [1.165, 1.54) is 225 Å².